The van der Waals surface area contributed by atoms with Crippen LogP contribution in [0, 0.1) is 13.8 Å². The van der Waals surface area contributed by atoms with Crippen LogP contribution >= 0.6 is 0 Å². The minimum Gasteiger partial charge on any atom is -0.548 e. The number of benzene rings is 2. The lowest BCUT2D eigenvalue weighted by molar-refractivity contribution is -0.308. The van der Waals surface area contributed by atoms with Crippen molar-refractivity contribution in [1.82, 2.24) is 10.3 Å². The Morgan fingerprint density at radius 1 is 1.11 bits per heavy atom. The van der Waals surface area contributed by atoms with Crippen LogP contribution in [0.1, 0.15) is 16.7 Å². The molecule has 1 aromatic heterocycles. The number of hydrogen-bond donors (Lipinski definition) is 2. The lowest BCUT2D eigenvalue weighted by Crippen LogP contribution is -2.50. The lowest BCUT2D eigenvalue weighted by atomic mass is 10.1. The number of nitrogens with one attached hydrogen (secondary N) is 2. The van der Waals surface area contributed by atoms with Gasteiger partial charge in [-0.05, 0) is 36.6 Å². The molecule has 0 aliphatic rings. The number of H-pyrrole nitrogens is 1. The molecule has 1 amide bonds. The van der Waals surface area contributed by atoms with Gasteiger partial charge in [-0.1, -0.05) is 36.4 Å². The summed E-state index contributed by atoms with van der Waals surface area (Å²) < 4.78 is 5.58. The van der Waals surface area contributed by atoms with E-state index in [0.29, 0.717) is 5.75 Å². The van der Waals surface area contributed by atoms with Crippen molar-refractivity contribution in [2.45, 2.75) is 26.3 Å². The van der Waals surface area contributed by atoms with Crippen LogP contribution in [0.3, 0.4) is 0 Å². The molecular weight excluding hydrogens is 344 g/mol. The first-order valence-corrected chi connectivity index (χ1v) is 8.70. The van der Waals surface area contributed by atoms with E-state index in [0.717, 1.165) is 27.6 Å². The number of aromatic amines is 1. The highest BCUT2D eigenvalue weighted by Crippen LogP contribution is 2.22. The summed E-state index contributed by atoms with van der Waals surface area (Å²) in [7, 11) is 0. The molecular formula is C21H21N2O4-. The zero-order chi connectivity index (χ0) is 19.4. The highest BCUT2D eigenvalue weighted by Gasteiger charge is 2.17. The van der Waals surface area contributed by atoms with Gasteiger partial charge < -0.3 is 24.9 Å². The molecule has 1 heterocycles. The van der Waals surface area contributed by atoms with Crippen LogP contribution in [0.25, 0.3) is 10.9 Å². The zero-order valence-electron chi connectivity index (χ0n) is 15.2. The molecule has 0 aliphatic carbocycles. The van der Waals surface area contributed by atoms with Gasteiger partial charge in [-0.3, -0.25) is 4.79 Å². The molecule has 140 valence electrons. The SMILES string of the molecule is Cc1cccc(C)c1OCC(=O)NC(Cc1c[nH]c2ccccc12)C(=O)[O-]. The maximum Gasteiger partial charge on any atom is 0.258 e. The summed E-state index contributed by atoms with van der Waals surface area (Å²) in [5.41, 5.74) is 3.54. The standard InChI is InChI=1S/C21H22N2O4/c1-13-6-5-7-14(2)20(13)27-12-19(24)23-18(21(25)26)10-15-11-22-17-9-4-3-8-16(15)17/h3-9,11,18,22H,10,12H2,1-2H3,(H,23,24)(H,25,26)/p-1. The largest absolute Gasteiger partial charge is 0.548 e. The molecule has 6 heteroatoms. The van der Waals surface area contributed by atoms with Crippen LogP contribution in [0.4, 0.5) is 0 Å². The highest BCUT2D eigenvalue weighted by molar-refractivity contribution is 5.86. The Hall–Kier alpha value is -3.28. The van der Waals surface area contributed by atoms with Crippen LogP contribution in [-0.2, 0) is 16.0 Å². The van der Waals surface area contributed by atoms with Crippen molar-refractivity contribution in [1.29, 1.82) is 0 Å². The topological polar surface area (TPSA) is 94.2 Å². The van der Waals surface area contributed by atoms with Gasteiger partial charge in [0, 0.05) is 23.5 Å². The van der Waals surface area contributed by atoms with E-state index >= 15 is 0 Å². The molecule has 3 aromatic rings. The molecule has 1 unspecified atom stereocenters. The van der Waals surface area contributed by atoms with Gasteiger partial charge in [-0.15, -0.1) is 0 Å². The monoisotopic (exact) mass is 365 g/mol. The third kappa shape index (κ3) is 4.28. The van der Waals surface area contributed by atoms with Gasteiger partial charge in [-0.2, -0.15) is 0 Å². The van der Waals surface area contributed by atoms with E-state index < -0.39 is 17.9 Å². The number of carboxylic acid groups (broad SMARTS) is 1. The molecule has 0 fully saturated rings. The van der Waals surface area contributed by atoms with E-state index in [4.69, 9.17) is 4.74 Å². The predicted octanol–water partition coefficient (Wildman–Crippen LogP) is 1.64. The second-order valence-corrected chi connectivity index (χ2v) is 6.51. The van der Waals surface area contributed by atoms with Gasteiger partial charge in [0.15, 0.2) is 6.61 Å². The van der Waals surface area contributed by atoms with Crippen LogP contribution in [-0.4, -0.2) is 29.5 Å². The quantitative estimate of drug-likeness (QED) is 0.665. The Balaban J connectivity index is 1.65. The molecule has 3 rings (SSSR count). The van der Waals surface area contributed by atoms with Gasteiger partial charge in [0.2, 0.25) is 0 Å². The first-order chi connectivity index (χ1) is 13.0. The lowest BCUT2D eigenvalue weighted by Gasteiger charge is -2.20. The predicted molar refractivity (Wildman–Crippen MR) is 100 cm³/mol. The molecule has 0 radical (unpaired) electrons. The molecule has 0 spiro atoms. The van der Waals surface area contributed by atoms with Crippen molar-refractivity contribution >= 4 is 22.8 Å². The van der Waals surface area contributed by atoms with Crippen molar-refractivity contribution in [3.05, 3.63) is 65.4 Å². The van der Waals surface area contributed by atoms with E-state index in [1.54, 1.807) is 6.20 Å². The van der Waals surface area contributed by atoms with Gasteiger partial charge in [-0.25, -0.2) is 0 Å². The van der Waals surface area contributed by atoms with E-state index in [9.17, 15) is 14.7 Å². The summed E-state index contributed by atoms with van der Waals surface area (Å²) in [6.45, 7) is 3.52. The number of carboxylic acids is 1. The number of hydrogen-bond acceptors (Lipinski definition) is 4. The summed E-state index contributed by atoms with van der Waals surface area (Å²) in [5, 5.41) is 14.9. The van der Waals surface area contributed by atoms with Gasteiger partial charge in [0.05, 0.1) is 12.0 Å². The molecule has 2 aromatic carbocycles. The first-order valence-electron chi connectivity index (χ1n) is 8.70. The zero-order valence-corrected chi connectivity index (χ0v) is 15.2. The Morgan fingerprint density at radius 2 is 1.81 bits per heavy atom. The molecule has 1 atom stereocenters. The molecule has 6 nitrogen and oxygen atoms in total. The average Bonchev–Trinajstić information content (AvgIpc) is 3.04. The number of aliphatic carboxylic acids is 1. The van der Waals surface area contributed by atoms with Crippen molar-refractivity contribution in [3.8, 4) is 5.75 Å². The average molecular weight is 365 g/mol. The number of rotatable bonds is 7. The number of amides is 1. The van der Waals surface area contributed by atoms with Gasteiger partial charge in [0.1, 0.15) is 5.75 Å². The summed E-state index contributed by atoms with van der Waals surface area (Å²) in [4.78, 5) is 26.8. The van der Waals surface area contributed by atoms with E-state index in [-0.39, 0.29) is 13.0 Å². The molecule has 0 bridgehead atoms. The minimum absolute atomic E-state index is 0.126. The van der Waals surface area contributed by atoms with E-state index in [2.05, 4.69) is 10.3 Å². The Morgan fingerprint density at radius 3 is 2.52 bits per heavy atom. The first kappa shape index (κ1) is 18.5. The Kier molecular flexibility index (Phi) is 5.45. The van der Waals surface area contributed by atoms with Crippen LogP contribution in [0.5, 0.6) is 5.75 Å². The third-order valence-corrected chi connectivity index (χ3v) is 4.48. The maximum atomic E-state index is 12.2. The van der Waals surface area contributed by atoms with Gasteiger partial charge >= 0.3 is 0 Å². The number of para-hydroxylation sites is 2. The smallest absolute Gasteiger partial charge is 0.258 e. The van der Waals surface area contributed by atoms with E-state index in [1.165, 1.54) is 0 Å². The van der Waals surface area contributed by atoms with Crippen molar-refractivity contribution < 1.29 is 19.4 Å². The number of carbonyl (C=O) groups excluding carboxylic acids is 2. The summed E-state index contributed by atoms with van der Waals surface area (Å²) in [5.74, 6) is -1.21. The van der Waals surface area contributed by atoms with Gasteiger partial charge in [0.25, 0.3) is 5.91 Å². The Bertz CT molecular complexity index is 957. The fraction of sp³-hybridized carbons (Fsp3) is 0.238. The molecule has 0 aliphatic heterocycles. The van der Waals surface area contributed by atoms with Crippen LogP contribution in [0.2, 0.25) is 0 Å². The van der Waals surface area contributed by atoms with Crippen LogP contribution < -0.4 is 15.2 Å². The molecule has 27 heavy (non-hydrogen) atoms. The minimum atomic E-state index is -1.33. The number of carbonyl (C=O) groups is 2. The summed E-state index contributed by atoms with van der Waals surface area (Å²) >= 11 is 0. The highest BCUT2D eigenvalue weighted by atomic mass is 16.5. The fourth-order valence-corrected chi connectivity index (χ4v) is 3.11. The van der Waals surface area contributed by atoms with Crippen molar-refractivity contribution in [3.63, 3.8) is 0 Å². The molecule has 2 N–H and O–H groups in total. The van der Waals surface area contributed by atoms with Crippen molar-refractivity contribution in [2.75, 3.05) is 6.61 Å². The number of aryl methyl sites for hydroxylation is 2. The summed E-state index contributed by atoms with van der Waals surface area (Å²) in [6.07, 6.45) is 1.88. The normalized spacial score (nSPS) is 11.9. The number of ether oxygens (including phenoxy) is 1. The summed E-state index contributed by atoms with van der Waals surface area (Å²) in [6, 6.07) is 12.1. The number of aromatic nitrogens is 1. The van der Waals surface area contributed by atoms with E-state index in [1.807, 2.05) is 56.3 Å². The second-order valence-electron chi connectivity index (χ2n) is 6.51. The third-order valence-electron chi connectivity index (χ3n) is 4.48. The Labute approximate surface area is 157 Å². The molecule has 0 saturated heterocycles. The van der Waals surface area contributed by atoms with Crippen LogP contribution in [0.15, 0.2) is 48.7 Å². The number of fused-ring (bicyclic) bond motifs is 1. The molecule has 0 saturated carbocycles. The second kappa shape index (κ2) is 7.95. The fourth-order valence-electron chi connectivity index (χ4n) is 3.11. The van der Waals surface area contributed by atoms with Crippen molar-refractivity contribution in [2.24, 2.45) is 0 Å². The maximum absolute atomic E-state index is 12.2.